The summed E-state index contributed by atoms with van der Waals surface area (Å²) in [5, 5.41) is 2.86. The monoisotopic (exact) mass is 213 g/mol. The largest absolute Gasteiger partial charge is 0.354 e. The van der Waals surface area contributed by atoms with Crippen molar-refractivity contribution in [2.75, 3.05) is 19.6 Å². The van der Waals surface area contributed by atoms with Crippen molar-refractivity contribution in [1.29, 1.82) is 0 Å². The molecular formula is C11H23N3O. The molecule has 0 bridgehead atoms. The zero-order chi connectivity index (χ0) is 11.3. The highest BCUT2D eigenvalue weighted by Gasteiger charge is 2.39. The molecule has 88 valence electrons. The summed E-state index contributed by atoms with van der Waals surface area (Å²) in [5.74, 6) is 0.828. The molecule has 15 heavy (non-hydrogen) atoms. The number of hydrogen-bond acceptors (Lipinski definition) is 3. The van der Waals surface area contributed by atoms with Crippen molar-refractivity contribution < 1.29 is 4.79 Å². The number of amides is 1. The van der Waals surface area contributed by atoms with Crippen LogP contribution in [-0.2, 0) is 4.79 Å². The van der Waals surface area contributed by atoms with Gasteiger partial charge in [0.1, 0.15) is 0 Å². The highest BCUT2D eigenvalue weighted by atomic mass is 16.2. The van der Waals surface area contributed by atoms with E-state index in [1.807, 2.05) is 0 Å². The third-order valence-electron chi connectivity index (χ3n) is 3.53. The number of carbonyl (C=O) groups is 1. The minimum Gasteiger partial charge on any atom is -0.354 e. The van der Waals surface area contributed by atoms with E-state index < -0.39 is 0 Å². The predicted octanol–water partition coefficient (Wildman–Crippen LogP) is 0.217. The van der Waals surface area contributed by atoms with E-state index in [-0.39, 0.29) is 11.3 Å². The molecule has 0 heterocycles. The molecule has 1 fully saturated rings. The second-order valence-electron chi connectivity index (χ2n) is 4.71. The van der Waals surface area contributed by atoms with Crippen molar-refractivity contribution in [3.05, 3.63) is 0 Å². The molecule has 1 rings (SSSR count). The molecule has 1 saturated carbocycles. The van der Waals surface area contributed by atoms with Crippen LogP contribution in [0.1, 0.15) is 32.6 Å². The van der Waals surface area contributed by atoms with Gasteiger partial charge in [0.2, 0.25) is 5.91 Å². The topological polar surface area (TPSA) is 81.1 Å². The smallest absolute Gasteiger partial charge is 0.227 e. The third-order valence-corrected chi connectivity index (χ3v) is 3.53. The van der Waals surface area contributed by atoms with Crippen LogP contribution < -0.4 is 16.8 Å². The van der Waals surface area contributed by atoms with Gasteiger partial charge < -0.3 is 16.8 Å². The summed E-state index contributed by atoms with van der Waals surface area (Å²) in [6.45, 7) is 3.73. The number of hydrogen-bond donors (Lipinski definition) is 3. The SMILES string of the molecule is CC1CCC(CN)(C(=O)NCCN)CC1. The van der Waals surface area contributed by atoms with Crippen LogP contribution in [0.4, 0.5) is 0 Å². The van der Waals surface area contributed by atoms with Crippen LogP contribution >= 0.6 is 0 Å². The van der Waals surface area contributed by atoms with Crippen LogP contribution in [0.2, 0.25) is 0 Å². The predicted molar refractivity (Wildman–Crippen MR) is 61.2 cm³/mol. The molecule has 0 saturated heterocycles. The molecule has 1 amide bonds. The van der Waals surface area contributed by atoms with E-state index in [2.05, 4.69) is 12.2 Å². The Morgan fingerprint density at radius 1 is 1.40 bits per heavy atom. The average molecular weight is 213 g/mol. The Morgan fingerprint density at radius 2 is 2.00 bits per heavy atom. The lowest BCUT2D eigenvalue weighted by Crippen LogP contribution is -2.48. The standard InChI is InChI=1S/C11H23N3O/c1-9-2-4-11(8-13,5-3-9)10(15)14-7-6-12/h9H,2-8,12-13H2,1H3,(H,14,15). The fraction of sp³-hybridized carbons (Fsp3) is 0.909. The van der Waals surface area contributed by atoms with Crippen LogP contribution in [0.15, 0.2) is 0 Å². The average Bonchev–Trinajstić information content (AvgIpc) is 2.27. The molecule has 0 aromatic rings. The van der Waals surface area contributed by atoms with Crippen molar-refractivity contribution in [2.24, 2.45) is 22.8 Å². The maximum atomic E-state index is 12.0. The molecule has 4 nitrogen and oxygen atoms in total. The van der Waals surface area contributed by atoms with E-state index in [0.717, 1.165) is 31.6 Å². The minimum atomic E-state index is -0.318. The van der Waals surface area contributed by atoms with Gasteiger partial charge in [-0.1, -0.05) is 6.92 Å². The first kappa shape index (κ1) is 12.5. The number of nitrogens with one attached hydrogen (secondary N) is 1. The van der Waals surface area contributed by atoms with Crippen molar-refractivity contribution in [3.63, 3.8) is 0 Å². The van der Waals surface area contributed by atoms with Gasteiger partial charge in [-0.2, -0.15) is 0 Å². The Bertz CT molecular complexity index is 210. The molecule has 0 unspecified atom stereocenters. The van der Waals surface area contributed by atoms with Crippen LogP contribution in [0.25, 0.3) is 0 Å². The molecule has 0 spiro atoms. The summed E-state index contributed by atoms with van der Waals surface area (Å²) in [5.41, 5.74) is 10.8. The van der Waals surface area contributed by atoms with Gasteiger partial charge in [-0.15, -0.1) is 0 Å². The Labute approximate surface area is 91.8 Å². The zero-order valence-corrected chi connectivity index (χ0v) is 9.59. The first-order chi connectivity index (χ1) is 7.14. The summed E-state index contributed by atoms with van der Waals surface area (Å²) >= 11 is 0. The fourth-order valence-electron chi connectivity index (χ4n) is 2.21. The maximum absolute atomic E-state index is 12.0. The lowest BCUT2D eigenvalue weighted by molar-refractivity contribution is -0.132. The van der Waals surface area contributed by atoms with Gasteiger partial charge in [0, 0.05) is 19.6 Å². The molecular weight excluding hydrogens is 190 g/mol. The molecule has 1 aliphatic rings. The van der Waals surface area contributed by atoms with Gasteiger partial charge in [0.05, 0.1) is 5.41 Å². The summed E-state index contributed by atoms with van der Waals surface area (Å²) in [6, 6.07) is 0. The first-order valence-corrected chi connectivity index (χ1v) is 5.83. The summed E-state index contributed by atoms with van der Waals surface area (Å²) in [6.07, 6.45) is 4.04. The van der Waals surface area contributed by atoms with E-state index >= 15 is 0 Å². The number of carbonyl (C=O) groups excluding carboxylic acids is 1. The highest BCUT2D eigenvalue weighted by Crippen LogP contribution is 2.38. The minimum absolute atomic E-state index is 0.0994. The van der Waals surface area contributed by atoms with Crippen molar-refractivity contribution in [1.82, 2.24) is 5.32 Å². The van der Waals surface area contributed by atoms with Crippen LogP contribution in [0, 0.1) is 11.3 Å². The Kier molecular flexibility index (Phi) is 4.54. The van der Waals surface area contributed by atoms with Crippen LogP contribution in [0.5, 0.6) is 0 Å². The normalized spacial score (nSPS) is 31.3. The Hall–Kier alpha value is -0.610. The van der Waals surface area contributed by atoms with Crippen molar-refractivity contribution in [2.45, 2.75) is 32.6 Å². The van der Waals surface area contributed by atoms with E-state index in [4.69, 9.17) is 11.5 Å². The van der Waals surface area contributed by atoms with Crippen molar-refractivity contribution >= 4 is 5.91 Å². The van der Waals surface area contributed by atoms with Crippen LogP contribution in [0.3, 0.4) is 0 Å². The van der Waals surface area contributed by atoms with E-state index in [0.29, 0.717) is 19.6 Å². The number of rotatable bonds is 4. The molecule has 5 N–H and O–H groups in total. The van der Waals surface area contributed by atoms with Gasteiger partial charge in [-0.25, -0.2) is 0 Å². The molecule has 0 atom stereocenters. The third kappa shape index (κ3) is 2.92. The summed E-state index contributed by atoms with van der Waals surface area (Å²) in [7, 11) is 0. The van der Waals surface area contributed by atoms with E-state index in [1.54, 1.807) is 0 Å². The van der Waals surface area contributed by atoms with Gasteiger partial charge in [0.15, 0.2) is 0 Å². The molecule has 0 aromatic heterocycles. The molecule has 0 radical (unpaired) electrons. The van der Waals surface area contributed by atoms with Gasteiger partial charge >= 0.3 is 0 Å². The second-order valence-corrected chi connectivity index (χ2v) is 4.71. The van der Waals surface area contributed by atoms with Gasteiger partial charge in [-0.3, -0.25) is 4.79 Å². The van der Waals surface area contributed by atoms with Gasteiger partial charge in [0.25, 0.3) is 0 Å². The van der Waals surface area contributed by atoms with Crippen molar-refractivity contribution in [3.8, 4) is 0 Å². The summed E-state index contributed by atoms with van der Waals surface area (Å²) in [4.78, 5) is 12.0. The van der Waals surface area contributed by atoms with Crippen LogP contribution in [-0.4, -0.2) is 25.5 Å². The highest BCUT2D eigenvalue weighted by molar-refractivity contribution is 5.83. The zero-order valence-electron chi connectivity index (χ0n) is 9.59. The molecule has 1 aliphatic carbocycles. The van der Waals surface area contributed by atoms with E-state index in [9.17, 15) is 4.79 Å². The fourth-order valence-corrected chi connectivity index (χ4v) is 2.21. The second kappa shape index (κ2) is 5.47. The van der Waals surface area contributed by atoms with E-state index in [1.165, 1.54) is 0 Å². The molecule has 0 aliphatic heterocycles. The summed E-state index contributed by atoms with van der Waals surface area (Å²) < 4.78 is 0. The number of nitrogens with two attached hydrogens (primary N) is 2. The quantitative estimate of drug-likeness (QED) is 0.624. The molecule has 4 heteroatoms. The molecule has 0 aromatic carbocycles. The Balaban J connectivity index is 2.56. The Morgan fingerprint density at radius 3 is 2.47 bits per heavy atom. The maximum Gasteiger partial charge on any atom is 0.227 e. The first-order valence-electron chi connectivity index (χ1n) is 5.83. The van der Waals surface area contributed by atoms with Gasteiger partial charge in [-0.05, 0) is 31.6 Å². The lowest BCUT2D eigenvalue weighted by Gasteiger charge is -2.37. The lowest BCUT2D eigenvalue weighted by atomic mass is 9.70.